The van der Waals surface area contributed by atoms with Crippen LogP contribution < -0.4 is 19.5 Å². The lowest BCUT2D eigenvalue weighted by molar-refractivity contribution is 0.0877. The maximum Gasteiger partial charge on any atom is 0.322 e. The standard InChI is InChI=1S/C26H26N4O6/c1-15-22(25-28-24(29-36-25)17-7-10-20-21(12-17)35-14-34-20)23(16-5-8-18(32-2)9-6-16)27-26(31)30(15)13-19-4-3-11-33-19/h5-10,12,19,23H,3-4,11,13-14H2,1-2H3,(H,27,31). The molecule has 2 amide bonds. The molecule has 0 bridgehead atoms. The number of allylic oxidation sites excluding steroid dienone is 1. The van der Waals surface area contributed by atoms with Crippen LogP contribution in [0.25, 0.3) is 17.0 Å². The average Bonchev–Trinajstić information content (AvgIpc) is 3.68. The van der Waals surface area contributed by atoms with Gasteiger partial charge in [-0.05, 0) is 55.7 Å². The lowest BCUT2D eigenvalue weighted by atomic mass is 9.94. The number of fused-ring (bicyclic) bond motifs is 1. The number of carbonyl (C=O) groups is 1. The predicted molar refractivity (Wildman–Crippen MR) is 128 cm³/mol. The number of methoxy groups -OCH3 is 1. The van der Waals surface area contributed by atoms with Crippen LogP contribution in [-0.4, -0.2) is 54.2 Å². The number of carbonyl (C=O) groups excluding carboxylic acids is 1. The third-order valence-corrected chi connectivity index (χ3v) is 6.74. The summed E-state index contributed by atoms with van der Waals surface area (Å²) in [4.78, 5) is 19.6. The van der Waals surface area contributed by atoms with E-state index in [2.05, 4.69) is 10.5 Å². The summed E-state index contributed by atoms with van der Waals surface area (Å²) in [5.41, 5.74) is 3.09. The molecule has 0 radical (unpaired) electrons. The summed E-state index contributed by atoms with van der Waals surface area (Å²) < 4.78 is 27.8. The van der Waals surface area contributed by atoms with E-state index in [0.29, 0.717) is 36.4 Å². The largest absolute Gasteiger partial charge is 0.497 e. The van der Waals surface area contributed by atoms with Gasteiger partial charge in [0.15, 0.2) is 11.5 Å². The molecular weight excluding hydrogens is 464 g/mol. The maximum absolute atomic E-state index is 13.2. The topological polar surface area (TPSA) is 108 Å². The molecule has 1 saturated heterocycles. The van der Waals surface area contributed by atoms with Crippen molar-refractivity contribution in [3.8, 4) is 28.6 Å². The van der Waals surface area contributed by atoms with Crippen molar-refractivity contribution in [2.45, 2.75) is 31.9 Å². The first-order valence-corrected chi connectivity index (χ1v) is 11.9. The van der Waals surface area contributed by atoms with Crippen molar-refractivity contribution in [2.24, 2.45) is 0 Å². The van der Waals surface area contributed by atoms with Crippen molar-refractivity contribution in [1.82, 2.24) is 20.4 Å². The van der Waals surface area contributed by atoms with Gasteiger partial charge >= 0.3 is 6.03 Å². The fraction of sp³-hybridized carbons (Fsp3) is 0.346. The molecule has 1 aromatic heterocycles. The summed E-state index contributed by atoms with van der Waals surface area (Å²) >= 11 is 0. The van der Waals surface area contributed by atoms with Crippen molar-refractivity contribution < 1.29 is 28.3 Å². The van der Waals surface area contributed by atoms with E-state index in [-0.39, 0.29) is 18.9 Å². The highest BCUT2D eigenvalue weighted by Gasteiger charge is 2.37. The Morgan fingerprint density at radius 3 is 2.75 bits per heavy atom. The van der Waals surface area contributed by atoms with Crippen LogP contribution in [-0.2, 0) is 4.74 Å². The Labute approximate surface area is 207 Å². The first-order chi connectivity index (χ1) is 17.6. The summed E-state index contributed by atoms with van der Waals surface area (Å²) in [6, 6.07) is 12.4. The number of aromatic nitrogens is 2. The van der Waals surface area contributed by atoms with Gasteiger partial charge in [0, 0.05) is 17.9 Å². The van der Waals surface area contributed by atoms with E-state index in [9.17, 15) is 4.79 Å². The molecule has 3 aliphatic rings. The van der Waals surface area contributed by atoms with Crippen molar-refractivity contribution in [3.63, 3.8) is 0 Å². The van der Waals surface area contributed by atoms with E-state index in [1.54, 1.807) is 12.0 Å². The number of benzene rings is 2. The Morgan fingerprint density at radius 2 is 1.97 bits per heavy atom. The van der Waals surface area contributed by atoms with E-state index < -0.39 is 6.04 Å². The Morgan fingerprint density at radius 1 is 1.14 bits per heavy atom. The van der Waals surface area contributed by atoms with Crippen molar-refractivity contribution in [1.29, 1.82) is 0 Å². The van der Waals surface area contributed by atoms with Gasteiger partial charge in [-0.2, -0.15) is 4.98 Å². The highest BCUT2D eigenvalue weighted by atomic mass is 16.7. The number of hydrogen-bond donors (Lipinski definition) is 1. The van der Waals surface area contributed by atoms with E-state index in [1.165, 1.54) is 0 Å². The average molecular weight is 491 g/mol. The molecule has 186 valence electrons. The zero-order valence-electron chi connectivity index (χ0n) is 20.0. The van der Waals surface area contributed by atoms with Gasteiger partial charge in [0.25, 0.3) is 5.89 Å². The van der Waals surface area contributed by atoms with Gasteiger partial charge < -0.3 is 28.8 Å². The van der Waals surface area contributed by atoms with Crippen LogP contribution >= 0.6 is 0 Å². The fourth-order valence-corrected chi connectivity index (χ4v) is 4.80. The quantitative estimate of drug-likeness (QED) is 0.549. The Kier molecular flexibility index (Phi) is 5.73. The van der Waals surface area contributed by atoms with Crippen LogP contribution in [0.3, 0.4) is 0 Å². The Balaban J connectivity index is 1.39. The predicted octanol–water partition coefficient (Wildman–Crippen LogP) is 4.15. The van der Waals surface area contributed by atoms with E-state index in [4.69, 9.17) is 28.5 Å². The molecule has 1 fully saturated rings. The lowest BCUT2D eigenvalue weighted by Gasteiger charge is -2.36. The molecular formula is C26H26N4O6. The van der Waals surface area contributed by atoms with Crippen LogP contribution in [0.15, 0.2) is 52.7 Å². The second-order valence-corrected chi connectivity index (χ2v) is 8.89. The molecule has 10 nitrogen and oxygen atoms in total. The fourth-order valence-electron chi connectivity index (χ4n) is 4.80. The number of hydrogen-bond acceptors (Lipinski definition) is 8. The number of ether oxygens (including phenoxy) is 4. The number of nitrogens with zero attached hydrogens (tertiary/aromatic N) is 3. The van der Waals surface area contributed by atoms with Gasteiger partial charge in [-0.25, -0.2) is 4.79 Å². The first kappa shape index (κ1) is 22.4. The Bertz CT molecular complexity index is 1310. The van der Waals surface area contributed by atoms with Crippen molar-refractivity contribution >= 4 is 11.6 Å². The Hall–Kier alpha value is -4.05. The monoisotopic (exact) mass is 490 g/mol. The lowest BCUT2D eigenvalue weighted by Crippen LogP contribution is -2.48. The molecule has 0 saturated carbocycles. The van der Waals surface area contributed by atoms with Crippen LogP contribution in [0.5, 0.6) is 17.2 Å². The highest BCUT2D eigenvalue weighted by Crippen LogP contribution is 2.39. The zero-order chi connectivity index (χ0) is 24.6. The third-order valence-electron chi connectivity index (χ3n) is 6.74. The normalized spacial score (nSPS) is 21.2. The summed E-state index contributed by atoms with van der Waals surface area (Å²) in [7, 11) is 1.62. The van der Waals surface area contributed by atoms with Gasteiger partial charge in [0.2, 0.25) is 12.6 Å². The van der Waals surface area contributed by atoms with Crippen LogP contribution in [0.4, 0.5) is 4.79 Å². The molecule has 1 N–H and O–H groups in total. The SMILES string of the molecule is COc1ccc(C2NC(=O)N(CC3CCCO3)C(C)=C2c2nc(-c3ccc4c(c3)OCO4)no2)cc1. The van der Waals surface area contributed by atoms with Gasteiger partial charge in [0.05, 0.1) is 31.4 Å². The summed E-state index contributed by atoms with van der Waals surface area (Å²) in [6.45, 7) is 3.27. The summed E-state index contributed by atoms with van der Waals surface area (Å²) in [5, 5.41) is 7.36. The molecule has 6 rings (SSSR count). The highest BCUT2D eigenvalue weighted by molar-refractivity contribution is 5.87. The van der Waals surface area contributed by atoms with Gasteiger partial charge in [-0.15, -0.1) is 0 Å². The van der Waals surface area contributed by atoms with Crippen LogP contribution in [0, 0.1) is 0 Å². The van der Waals surface area contributed by atoms with Gasteiger partial charge in [-0.1, -0.05) is 17.3 Å². The molecule has 4 heterocycles. The molecule has 2 unspecified atom stereocenters. The summed E-state index contributed by atoms with van der Waals surface area (Å²) in [6.07, 6.45) is 1.91. The molecule has 10 heteroatoms. The number of rotatable bonds is 6. The number of urea groups is 1. The molecule has 3 aromatic rings. The minimum atomic E-state index is -0.478. The smallest absolute Gasteiger partial charge is 0.322 e. The molecule has 0 aliphatic carbocycles. The van der Waals surface area contributed by atoms with Gasteiger partial charge in [-0.3, -0.25) is 4.90 Å². The minimum Gasteiger partial charge on any atom is -0.497 e. The van der Waals surface area contributed by atoms with Crippen molar-refractivity contribution in [3.05, 3.63) is 59.6 Å². The van der Waals surface area contributed by atoms with Gasteiger partial charge in [0.1, 0.15) is 5.75 Å². The minimum absolute atomic E-state index is 0.00337. The zero-order valence-corrected chi connectivity index (χ0v) is 20.0. The summed E-state index contributed by atoms with van der Waals surface area (Å²) in [5.74, 6) is 2.79. The molecule has 2 aromatic carbocycles. The second-order valence-electron chi connectivity index (χ2n) is 8.89. The molecule has 0 spiro atoms. The number of amides is 2. The molecule has 3 aliphatic heterocycles. The van der Waals surface area contributed by atoms with Crippen LogP contribution in [0.2, 0.25) is 0 Å². The molecule has 36 heavy (non-hydrogen) atoms. The third kappa shape index (κ3) is 4.03. The van der Waals surface area contributed by atoms with Crippen molar-refractivity contribution in [2.75, 3.05) is 27.1 Å². The van der Waals surface area contributed by atoms with Crippen LogP contribution in [0.1, 0.15) is 37.3 Å². The second kappa shape index (κ2) is 9.19. The number of nitrogens with one attached hydrogen (secondary N) is 1. The van der Waals surface area contributed by atoms with E-state index in [1.807, 2.05) is 49.4 Å². The maximum atomic E-state index is 13.2. The molecule has 2 atom stereocenters. The van der Waals surface area contributed by atoms with E-state index in [0.717, 1.165) is 41.0 Å². The van der Waals surface area contributed by atoms with E-state index >= 15 is 0 Å². The first-order valence-electron chi connectivity index (χ1n) is 11.9.